The summed E-state index contributed by atoms with van der Waals surface area (Å²) in [5.74, 6) is 0.858. The first-order chi connectivity index (χ1) is 11.7. The molecule has 1 unspecified atom stereocenters. The van der Waals surface area contributed by atoms with E-state index in [1.54, 1.807) is 0 Å². The number of hydrogen-bond donors (Lipinski definition) is 2. The largest absolute Gasteiger partial charge is 0.493 e. The van der Waals surface area contributed by atoms with E-state index in [1.165, 1.54) is 16.7 Å². The lowest BCUT2D eigenvalue weighted by Gasteiger charge is -2.18. The number of carbonyl (C=O) groups excluding carboxylic acids is 1. The zero-order chi connectivity index (χ0) is 16.9. The van der Waals surface area contributed by atoms with Crippen LogP contribution in [0.1, 0.15) is 24.5 Å². The summed E-state index contributed by atoms with van der Waals surface area (Å²) in [6.07, 6.45) is 2.16. The molecule has 2 aromatic rings. The van der Waals surface area contributed by atoms with Crippen molar-refractivity contribution in [3.05, 3.63) is 53.6 Å². The molecule has 1 aliphatic heterocycles. The fraction of sp³-hybridized carbons (Fsp3) is 0.350. The third-order valence-electron chi connectivity index (χ3n) is 4.46. The van der Waals surface area contributed by atoms with Crippen molar-refractivity contribution in [1.29, 1.82) is 0 Å². The Morgan fingerprint density at radius 1 is 1.21 bits per heavy atom. The van der Waals surface area contributed by atoms with Crippen molar-refractivity contribution in [2.75, 3.05) is 13.2 Å². The fourth-order valence-electron chi connectivity index (χ4n) is 2.83. The van der Waals surface area contributed by atoms with Crippen LogP contribution in [0.25, 0.3) is 11.1 Å². The lowest BCUT2D eigenvalue weighted by Crippen LogP contribution is -2.32. The van der Waals surface area contributed by atoms with Crippen LogP contribution in [0.15, 0.2) is 42.5 Å². The quantitative estimate of drug-likeness (QED) is 0.889. The molecule has 3 rings (SSSR count). The second kappa shape index (κ2) is 7.49. The lowest BCUT2D eigenvalue weighted by atomic mass is 9.98. The van der Waals surface area contributed by atoms with Gasteiger partial charge in [0.15, 0.2) is 0 Å². The van der Waals surface area contributed by atoms with Crippen molar-refractivity contribution in [3.8, 4) is 16.9 Å². The van der Waals surface area contributed by atoms with Gasteiger partial charge in [-0.25, -0.2) is 0 Å². The maximum atomic E-state index is 11.8. The average molecular weight is 324 g/mol. The van der Waals surface area contributed by atoms with E-state index in [-0.39, 0.29) is 11.8 Å². The van der Waals surface area contributed by atoms with Crippen molar-refractivity contribution < 1.29 is 9.53 Å². The van der Waals surface area contributed by atoms with Crippen LogP contribution in [0.4, 0.5) is 0 Å². The molecule has 24 heavy (non-hydrogen) atoms. The molecule has 126 valence electrons. The Labute approximate surface area is 143 Å². The van der Waals surface area contributed by atoms with Gasteiger partial charge in [-0.3, -0.25) is 4.79 Å². The number of benzene rings is 2. The molecule has 1 heterocycles. The summed E-state index contributed by atoms with van der Waals surface area (Å²) < 4.78 is 5.67. The fourth-order valence-corrected chi connectivity index (χ4v) is 2.83. The topological polar surface area (TPSA) is 64.4 Å². The van der Waals surface area contributed by atoms with Gasteiger partial charge in [-0.15, -0.1) is 0 Å². The number of fused-ring (bicyclic) bond motifs is 1. The van der Waals surface area contributed by atoms with Crippen LogP contribution in [0.5, 0.6) is 5.75 Å². The van der Waals surface area contributed by atoms with Crippen LogP contribution in [0, 0.1) is 5.92 Å². The zero-order valence-corrected chi connectivity index (χ0v) is 14.0. The SMILES string of the molecule is CC(CN)C(=O)NCc1ccc(-c2ccc3c(c2)CCCO3)cc1. The van der Waals surface area contributed by atoms with E-state index < -0.39 is 0 Å². The molecule has 1 atom stereocenters. The first-order valence-electron chi connectivity index (χ1n) is 8.50. The highest BCUT2D eigenvalue weighted by Gasteiger charge is 2.12. The maximum absolute atomic E-state index is 11.8. The van der Waals surface area contributed by atoms with E-state index in [9.17, 15) is 4.79 Å². The molecule has 1 aliphatic rings. The smallest absolute Gasteiger partial charge is 0.224 e. The highest BCUT2D eigenvalue weighted by molar-refractivity contribution is 5.78. The van der Waals surface area contributed by atoms with Crippen molar-refractivity contribution in [3.63, 3.8) is 0 Å². The molecule has 4 heteroatoms. The minimum atomic E-state index is -0.151. The Bertz CT molecular complexity index is 710. The summed E-state index contributed by atoms with van der Waals surface area (Å²) in [6.45, 7) is 3.54. The summed E-state index contributed by atoms with van der Waals surface area (Å²) in [4.78, 5) is 11.8. The average Bonchev–Trinajstić information content (AvgIpc) is 2.65. The highest BCUT2D eigenvalue weighted by Crippen LogP contribution is 2.30. The van der Waals surface area contributed by atoms with E-state index in [1.807, 2.05) is 6.92 Å². The predicted molar refractivity (Wildman–Crippen MR) is 95.8 cm³/mol. The summed E-state index contributed by atoms with van der Waals surface area (Å²) in [5.41, 5.74) is 10.2. The molecule has 2 aromatic carbocycles. The summed E-state index contributed by atoms with van der Waals surface area (Å²) in [7, 11) is 0. The molecule has 0 saturated heterocycles. The van der Waals surface area contributed by atoms with Gasteiger partial charge >= 0.3 is 0 Å². The van der Waals surface area contributed by atoms with E-state index >= 15 is 0 Å². The van der Waals surface area contributed by atoms with Gasteiger partial charge in [0.25, 0.3) is 0 Å². The number of ether oxygens (including phenoxy) is 1. The van der Waals surface area contributed by atoms with Gasteiger partial charge in [0.1, 0.15) is 5.75 Å². The number of carbonyl (C=O) groups is 1. The third-order valence-corrected chi connectivity index (χ3v) is 4.46. The van der Waals surface area contributed by atoms with Crippen LogP contribution in [0.3, 0.4) is 0 Å². The predicted octanol–water partition coefficient (Wildman–Crippen LogP) is 2.89. The Morgan fingerprint density at radius 2 is 1.96 bits per heavy atom. The standard InChI is InChI=1S/C20H24N2O2/c1-14(12-21)20(23)22-13-15-4-6-16(7-5-15)17-8-9-19-18(11-17)3-2-10-24-19/h4-9,11,14H,2-3,10,12-13,21H2,1H3,(H,22,23). The van der Waals surface area contributed by atoms with Gasteiger partial charge in [-0.2, -0.15) is 0 Å². The Kier molecular flexibility index (Phi) is 5.16. The first-order valence-corrected chi connectivity index (χ1v) is 8.50. The lowest BCUT2D eigenvalue weighted by molar-refractivity contribution is -0.124. The number of rotatable bonds is 5. The monoisotopic (exact) mass is 324 g/mol. The Morgan fingerprint density at radius 3 is 2.71 bits per heavy atom. The summed E-state index contributed by atoms with van der Waals surface area (Å²) in [5, 5.41) is 2.91. The van der Waals surface area contributed by atoms with Crippen molar-refractivity contribution in [2.45, 2.75) is 26.3 Å². The van der Waals surface area contributed by atoms with Crippen molar-refractivity contribution in [1.82, 2.24) is 5.32 Å². The molecule has 4 nitrogen and oxygen atoms in total. The van der Waals surface area contributed by atoms with Crippen molar-refractivity contribution >= 4 is 5.91 Å². The molecule has 0 spiro atoms. The van der Waals surface area contributed by atoms with E-state index in [0.717, 1.165) is 30.8 Å². The maximum Gasteiger partial charge on any atom is 0.224 e. The van der Waals surface area contributed by atoms with E-state index in [2.05, 4.69) is 47.8 Å². The van der Waals surface area contributed by atoms with Gasteiger partial charge in [0, 0.05) is 19.0 Å². The van der Waals surface area contributed by atoms with Crippen LogP contribution in [-0.2, 0) is 17.8 Å². The van der Waals surface area contributed by atoms with Crippen LogP contribution >= 0.6 is 0 Å². The molecule has 0 saturated carbocycles. The van der Waals surface area contributed by atoms with Gasteiger partial charge in [0.2, 0.25) is 5.91 Å². The first kappa shape index (κ1) is 16.5. The summed E-state index contributed by atoms with van der Waals surface area (Å²) >= 11 is 0. The summed E-state index contributed by atoms with van der Waals surface area (Å²) in [6, 6.07) is 14.7. The molecule has 0 radical (unpaired) electrons. The van der Waals surface area contributed by atoms with Crippen LogP contribution in [0.2, 0.25) is 0 Å². The molecular weight excluding hydrogens is 300 g/mol. The van der Waals surface area contributed by atoms with Crippen molar-refractivity contribution in [2.24, 2.45) is 11.7 Å². The van der Waals surface area contributed by atoms with E-state index in [0.29, 0.717) is 13.1 Å². The number of nitrogens with one attached hydrogen (secondary N) is 1. The Balaban J connectivity index is 1.67. The van der Waals surface area contributed by atoms with Crippen LogP contribution in [-0.4, -0.2) is 19.1 Å². The van der Waals surface area contributed by atoms with Gasteiger partial charge in [-0.05, 0) is 47.2 Å². The molecular formula is C20H24N2O2. The van der Waals surface area contributed by atoms with Crippen LogP contribution < -0.4 is 15.8 Å². The van der Waals surface area contributed by atoms with Gasteiger partial charge < -0.3 is 15.8 Å². The molecule has 0 aliphatic carbocycles. The normalized spacial score (nSPS) is 14.4. The second-order valence-electron chi connectivity index (χ2n) is 6.33. The molecule has 1 amide bonds. The molecule has 3 N–H and O–H groups in total. The van der Waals surface area contributed by atoms with Gasteiger partial charge in [0.05, 0.1) is 6.61 Å². The zero-order valence-electron chi connectivity index (χ0n) is 14.0. The minimum Gasteiger partial charge on any atom is -0.493 e. The molecule has 0 fully saturated rings. The number of hydrogen-bond acceptors (Lipinski definition) is 3. The second-order valence-corrected chi connectivity index (χ2v) is 6.33. The third kappa shape index (κ3) is 3.77. The molecule has 0 bridgehead atoms. The van der Waals surface area contributed by atoms with E-state index in [4.69, 9.17) is 10.5 Å². The highest BCUT2D eigenvalue weighted by atomic mass is 16.5. The number of aryl methyl sites for hydroxylation is 1. The molecule has 0 aromatic heterocycles. The Hall–Kier alpha value is -2.33. The minimum absolute atomic E-state index is 0.00346. The number of nitrogens with two attached hydrogens (primary N) is 1. The van der Waals surface area contributed by atoms with Gasteiger partial charge in [-0.1, -0.05) is 37.3 Å². The number of amides is 1.